The highest BCUT2D eigenvalue weighted by Crippen LogP contribution is 2.25. The first-order valence-electron chi connectivity index (χ1n) is 7.45. The van der Waals surface area contributed by atoms with Crippen LogP contribution in [0, 0.1) is 17.6 Å². The predicted octanol–water partition coefficient (Wildman–Crippen LogP) is 3.48. The second-order valence-electron chi connectivity index (χ2n) is 6.00. The number of nitrogens with zero attached hydrogens (tertiary/aromatic N) is 1. The summed E-state index contributed by atoms with van der Waals surface area (Å²) in [6, 6.07) is 3.20. The SMILES string of the molecule is CN(CC1CCCCC1)CC(N)c1ccc(F)cc1F. The number of hydrogen-bond acceptors (Lipinski definition) is 2. The zero-order valence-corrected chi connectivity index (χ0v) is 12.1. The molecule has 1 aromatic rings. The monoisotopic (exact) mass is 282 g/mol. The van der Waals surface area contributed by atoms with Crippen LogP contribution in [-0.4, -0.2) is 25.0 Å². The number of benzene rings is 1. The van der Waals surface area contributed by atoms with Crippen LogP contribution in [0.1, 0.15) is 43.7 Å². The molecule has 0 bridgehead atoms. The normalized spacial score (nSPS) is 18.4. The molecule has 1 saturated carbocycles. The third-order valence-corrected chi connectivity index (χ3v) is 4.16. The van der Waals surface area contributed by atoms with Crippen LogP contribution in [0.5, 0.6) is 0 Å². The molecule has 1 aliphatic carbocycles. The van der Waals surface area contributed by atoms with E-state index >= 15 is 0 Å². The van der Waals surface area contributed by atoms with E-state index in [-0.39, 0.29) is 0 Å². The summed E-state index contributed by atoms with van der Waals surface area (Å²) in [5.74, 6) is -0.378. The summed E-state index contributed by atoms with van der Waals surface area (Å²) in [4.78, 5) is 2.17. The summed E-state index contributed by atoms with van der Waals surface area (Å²) in [6.07, 6.45) is 6.55. The van der Waals surface area contributed by atoms with Crippen LogP contribution in [0.15, 0.2) is 18.2 Å². The Morgan fingerprint density at radius 3 is 2.60 bits per heavy atom. The molecule has 1 fully saturated rings. The molecule has 0 amide bonds. The van der Waals surface area contributed by atoms with Crippen molar-refractivity contribution in [3.05, 3.63) is 35.4 Å². The van der Waals surface area contributed by atoms with Crippen molar-refractivity contribution in [2.75, 3.05) is 20.1 Å². The zero-order valence-electron chi connectivity index (χ0n) is 12.1. The highest BCUT2D eigenvalue weighted by atomic mass is 19.1. The Morgan fingerprint density at radius 1 is 1.25 bits per heavy atom. The first-order valence-corrected chi connectivity index (χ1v) is 7.45. The molecule has 2 rings (SSSR count). The van der Waals surface area contributed by atoms with Gasteiger partial charge in [-0.15, -0.1) is 0 Å². The fourth-order valence-corrected chi connectivity index (χ4v) is 3.12. The van der Waals surface area contributed by atoms with Crippen molar-refractivity contribution in [2.24, 2.45) is 11.7 Å². The molecule has 1 aromatic carbocycles. The van der Waals surface area contributed by atoms with E-state index in [0.29, 0.717) is 12.1 Å². The second-order valence-corrected chi connectivity index (χ2v) is 6.00. The Kier molecular flexibility index (Phi) is 5.49. The third kappa shape index (κ3) is 4.25. The van der Waals surface area contributed by atoms with Gasteiger partial charge in [-0.2, -0.15) is 0 Å². The van der Waals surface area contributed by atoms with Gasteiger partial charge in [-0.3, -0.25) is 0 Å². The summed E-state index contributed by atoms with van der Waals surface area (Å²) < 4.78 is 26.6. The van der Waals surface area contributed by atoms with E-state index < -0.39 is 17.7 Å². The van der Waals surface area contributed by atoms with Gasteiger partial charge < -0.3 is 10.6 Å². The molecular formula is C16H24F2N2. The molecule has 1 atom stereocenters. The molecule has 0 aromatic heterocycles. The van der Waals surface area contributed by atoms with Gasteiger partial charge in [-0.1, -0.05) is 25.3 Å². The number of rotatable bonds is 5. The molecule has 0 aliphatic heterocycles. The molecule has 0 spiro atoms. The molecule has 1 aliphatic rings. The van der Waals surface area contributed by atoms with Crippen molar-refractivity contribution >= 4 is 0 Å². The fraction of sp³-hybridized carbons (Fsp3) is 0.625. The van der Waals surface area contributed by atoms with Crippen molar-refractivity contribution in [2.45, 2.75) is 38.1 Å². The van der Waals surface area contributed by atoms with Gasteiger partial charge in [0.05, 0.1) is 0 Å². The fourth-order valence-electron chi connectivity index (χ4n) is 3.12. The van der Waals surface area contributed by atoms with Crippen LogP contribution < -0.4 is 5.73 Å². The van der Waals surface area contributed by atoms with Crippen LogP contribution in [-0.2, 0) is 0 Å². The van der Waals surface area contributed by atoms with Crippen molar-refractivity contribution in [1.82, 2.24) is 4.90 Å². The highest BCUT2D eigenvalue weighted by molar-refractivity contribution is 5.22. The van der Waals surface area contributed by atoms with Crippen LogP contribution >= 0.6 is 0 Å². The standard InChI is InChI=1S/C16H24F2N2/c1-20(10-12-5-3-2-4-6-12)11-16(19)14-8-7-13(17)9-15(14)18/h7-9,12,16H,2-6,10-11,19H2,1H3. The summed E-state index contributed by atoms with van der Waals surface area (Å²) in [7, 11) is 2.02. The number of hydrogen-bond donors (Lipinski definition) is 1. The van der Waals surface area contributed by atoms with E-state index in [1.807, 2.05) is 7.05 Å². The average molecular weight is 282 g/mol. The minimum atomic E-state index is -0.561. The molecule has 0 heterocycles. The molecule has 1 unspecified atom stereocenters. The lowest BCUT2D eigenvalue weighted by Gasteiger charge is -2.28. The largest absolute Gasteiger partial charge is 0.323 e. The Bertz CT molecular complexity index is 430. The topological polar surface area (TPSA) is 29.3 Å². The third-order valence-electron chi connectivity index (χ3n) is 4.16. The Hall–Kier alpha value is -1.00. The lowest BCUT2D eigenvalue weighted by atomic mass is 9.89. The van der Waals surface area contributed by atoms with Crippen molar-refractivity contribution in [3.8, 4) is 0 Å². The summed E-state index contributed by atoms with van der Waals surface area (Å²) >= 11 is 0. The van der Waals surface area contributed by atoms with Gasteiger partial charge in [-0.05, 0) is 31.9 Å². The van der Waals surface area contributed by atoms with E-state index in [2.05, 4.69) is 4.90 Å². The van der Waals surface area contributed by atoms with Crippen LogP contribution in [0.2, 0.25) is 0 Å². The van der Waals surface area contributed by atoms with Gasteiger partial charge in [0.25, 0.3) is 0 Å². The maximum Gasteiger partial charge on any atom is 0.130 e. The van der Waals surface area contributed by atoms with Crippen LogP contribution in [0.3, 0.4) is 0 Å². The van der Waals surface area contributed by atoms with Gasteiger partial charge in [0.1, 0.15) is 11.6 Å². The van der Waals surface area contributed by atoms with Crippen LogP contribution in [0.25, 0.3) is 0 Å². The zero-order chi connectivity index (χ0) is 14.5. The Balaban J connectivity index is 1.87. The lowest BCUT2D eigenvalue weighted by molar-refractivity contribution is 0.223. The van der Waals surface area contributed by atoms with E-state index in [1.165, 1.54) is 44.2 Å². The quantitative estimate of drug-likeness (QED) is 0.896. The minimum absolute atomic E-state index is 0.391. The van der Waals surface area contributed by atoms with Crippen molar-refractivity contribution in [3.63, 3.8) is 0 Å². The van der Waals surface area contributed by atoms with Crippen molar-refractivity contribution in [1.29, 1.82) is 0 Å². The van der Waals surface area contributed by atoms with E-state index in [0.717, 1.165) is 18.5 Å². The van der Waals surface area contributed by atoms with Crippen molar-refractivity contribution < 1.29 is 8.78 Å². The van der Waals surface area contributed by atoms with E-state index in [4.69, 9.17) is 5.73 Å². The Labute approximate surface area is 120 Å². The molecule has 112 valence electrons. The van der Waals surface area contributed by atoms with Gasteiger partial charge in [-0.25, -0.2) is 8.78 Å². The number of halogens is 2. The Morgan fingerprint density at radius 2 is 1.95 bits per heavy atom. The van der Waals surface area contributed by atoms with E-state index in [1.54, 1.807) is 0 Å². The molecule has 2 nitrogen and oxygen atoms in total. The minimum Gasteiger partial charge on any atom is -0.323 e. The molecule has 20 heavy (non-hydrogen) atoms. The maximum absolute atomic E-state index is 13.7. The average Bonchev–Trinajstić information content (AvgIpc) is 2.39. The number of nitrogens with two attached hydrogens (primary N) is 1. The summed E-state index contributed by atoms with van der Waals surface area (Å²) in [5.41, 5.74) is 6.44. The van der Waals surface area contributed by atoms with Gasteiger partial charge in [0.2, 0.25) is 0 Å². The molecule has 4 heteroatoms. The first-order chi connectivity index (χ1) is 9.56. The van der Waals surface area contributed by atoms with Crippen LogP contribution in [0.4, 0.5) is 8.78 Å². The van der Waals surface area contributed by atoms with Gasteiger partial charge >= 0.3 is 0 Å². The lowest BCUT2D eigenvalue weighted by Crippen LogP contribution is -2.33. The maximum atomic E-state index is 13.7. The highest BCUT2D eigenvalue weighted by Gasteiger charge is 2.18. The molecular weight excluding hydrogens is 258 g/mol. The van der Waals surface area contributed by atoms with E-state index in [9.17, 15) is 8.78 Å². The summed E-state index contributed by atoms with van der Waals surface area (Å²) in [5, 5.41) is 0. The molecule has 0 saturated heterocycles. The smallest absolute Gasteiger partial charge is 0.130 e. The molecule has 2 N–H and O–H groups in total. The molecule has 0 radical (unpaired) electrons. The second kappa shape index (κ2) is 7.14. The number of likely N-dealkylation sites (N-methyl/N-ethyl adjacent to an activating group) is 1. The summed E-state index contributed by atoms with van der Waals surface area (Å²) in [6.45, 7) is 1.61. The van der Waals surface area contributed by atoms with Gasteiger partial charge in [0.15, 0.2) is 0 Å². The predicted molar refractivity (Wildman–Crippen MR) is 77.4 cm³/mol. The first kappa shape index (κ1) is 15.4. The van der Waals surface area contributed by atoms with Gasteiger partial charge in [0, 0.05) is 30.8 Å².